The maximum absolute atomic E-state index is 12.7. The molecule has 1 atom stereocenters. The van der Waals surface area contributed by atoms with Crippen LogP contribution in [0.15, 0.2) is 24.3 Å². The van der Waals surface area contributed by atoms with Crippen molar-refractivity contribution in [3.63, 3.8) is 0 Å². The van der Waals surface area contributed by atoms with Crippen LogP contribution >= 0.6 is 0 Å². The second-order valence-electron chi connectivity index (χ2n) is 6.47. The largest absolute Gasteiger partial charge is 0.338 e. The Morgan fingerprint density at radius 1 is 1.22 bits per heavy atom. The molecule has 1 aromatic rings. The normalized spacial score (nSPS) is 21.3. The van der Waals surface area contributed by atoms with E-state index in [0.717, 1.165) is 50.0 Å². The highest BCUT2D eigenvalue weighted by molar-refractivity contribution is 5.94. The van der Waals surface area contributed by atoms with E-state index in [0.29, 0.717) is 19.0 Å². The Balaban J connectivity index is 1.64. The van der Waals surface area contributed by atoms with Crippen LogP contribution in [0.4, 0.5) is 0 Å². The maximum atomic E-state index is 12.7. The van der Waals surface area contributed by atoms with Crippen molar-refractivity contribution in [1.29, 1.82) is 0 Å². The summed E-state index contributed by atoms with van der Waals surface area (Å²) >= 11 is 0. The third-order valence-corrected chi connectivity index (χ3v) is 4.82. The van der Waals surface area contributed by atoms with Gasteiger partial charge in [0.05, 0.1) is 0 Å². The number of carbonyl (C=O) groups excluding carboxylic acids is 2. The van der Waals surface area contributed by atoms with Gasteiger partial charge in [0.2, 0.25) is 5.91 Å². The summed E-state index contributed by atoms with van der Waals surface area (Å²) < 4.78 is 0. The number of hydrogen-bond donors (Lipinski definition) is 1. The SMILES string of the molecule is CNCC1CCCN1C(=O)c1ccc(CN2CCCC2=O)cc1. The highest BCUT2D eigenvalue weighted by atomic mass is 16.2. The standard InChI is InChI=1S/C18H25N3O2/c1-19-12-16-4-2-11-21(16)18(23)15-8-6-14(7-9-15)13-20-10-3-5-17(20)22/h6-9,16,19H,2-5,10-13H2,1H3. The Morgan fingerprint density at radius 2 is 2.00 bits per heavy atom. The Morgan fingerprint density at radius 3 is 2.65 bits per heavy atom. The second-order valence-corrected chi connectivity index (χ2v) is 6.47. The number of likely N-dealkylation sites (tertiary alicyclic amines) is 2. The van der Waals surface area contributed by atoms with Crippen molar-refractivity contribution in [1.82, 2.24) is 15.1 Å². The molecule has 0 bridgehead atoms. The number of nitrogens with one attached hydrogen (secondary N) is 1. The zero-order valence-corrected chi connectivity index (χ0v) is 13.8. The van der Waals surface area contributed by atoms with Gasteiger partial charge in [-0.15, -0.1) is 0 Å². The fraction of sp³-hybridized carbons (Fsp3) is 0.556. The molecule has 124 valence electrons. The van der Waals surface area contributed by atoms with Crippen molar-refractivity contribution in [2.24, 2.45) is 0 Å². The third kappa shape index (κ3) is 3.55. The number of likely N-dealkylation sites (N-methyl/N-ethyl adjacent to an activating group) is 1. The molecule has 0 spiro atoms. The second kappa shape index (κ2) is 7.13. The number of rotatable bonds is 5. The van der Waals surface area contributed by atoms with Gasteiger partial charge >= 0.3 is 0 Å². The van der Waals surface area contributed by atoms with Crippen LogP contribution in [0.2, 0.25) is 0 Å². The summed E-state index contributed by atoms with van der Waals surface area (Å²) in [4.78, 5) is 28.2. The van der Waals surface area contributed by atoms with E-state index in [4.69, 9.17) is 0 Å². The average molecular weight is 315 g/mol. The first-order valence-electron chi connectivity index (χ1n) is 8.51. The van der Waals surface area contributed by atoms with E-state index in [1.807, 2.05) is 41.1 Å². The molecule has 2 saturated heterocycles. The van der Waals surface area contributed by atoms with Crippen LogP contribution in [0.5, 0.6) is 0 Å². The van der Waals surface area contributed by atoms with Gasteiger partial charge in [-0.25, -0.2) is 0 Å². The molecule has 5 heteroatoms. The van der Waals surface area contributed by atoms with Crippen LogP contribution in [-0.4, -0.2) is 54.3 Å². The fourth-order valence-electron chi connectivity index (χ4n) is 3.56. The summed E-state index contributed by atoms with van der Waals surface area (Å²) in [6.07, 6.45) is 3.77. The van der Waals surface area contributed by atoms with Crippen molar-refractivity contribution >= 4 is 11.8 Å². The summed E-state index contributed by atoms with van der Waals surface area (Å²) in [5.41, 5.74) is 1.83. The molecule has 3 rings (SSSR count). The van der Waals surface area contributed by atoms with Crippen molar-refractivity contribution < 1.29 is 9.59 Å². The molecule has 1 unspecified atom stereocenters. The molecular formula is C18H25N3O2. The van der Waals surface area contributed by atoms with Crippen molar-refractivity contribution in [3.8, 4) is 0 Å². The monoisotopic (exact) mass is 315 g/mol. The lowest BCUT2D eigenvalue weighted by Crippen LogP contribution is -2.40. The molecule has 5 nitrogen and oxygen atoms in total. The molecule has 23 heavy (non-hydrogen) atoms. The average Bonchev–Trinajstić information content (AvgIpc) is 3.18. The quantitative estimate of drug-likeness (QED) is 0.898. The maximum Gasteiger partial charge on any atom is 0.254 e. The highest BCUT2D eigenvalue weighted by Crippen LogP contribution is 2.20. The summed E-state index contributed by atoms with van der Waals surface area (Å²) in [5, 5.41) is 3.17. The zero-order valence-electron chi connectivity index (χ0n) is 13.8. The lowest BCUT2D eigenvalue weighted by molar-refractivity contribution is -0.128. The van der Waals surface area contributed by atoms with Gasteiger partial charge in [-0.1, -0.05) is 12.1 Å². The smallest absolute Gasteiger partial charge is 0.254 e. The summed E-state index contributed by atoms with van der Waals surface area (Å²) in [6, 6.07) is 8.04. The minimum atomic E-state index is 0.117. The first kappa shape index (κ1) is 16.0. The fourth-order valence-corrected chi connectivity index (χ4v) is 3.56. The third-order valence-electron chi connectivity index (χ3n) is 4.82. The topological polar surface area (TPSA) is 52.7 Å². The zero-order chi connectivity index (χ0) is 16.2. The molecular weight excluding hydrogens is 290 g/mol. The molecule has 2 aliphatic heterocycles. The van der Waals surface area contributed by atoms with Gasteiger partial charge in [-0.3, -0.25) is 9.59 Å². The number of amides is 2. The molecule has 2 heterocycles. The number of carbonyl (C=O) groups is 2. The highest BCUT2D eigenvalue weighted by Gasteiger charge is 2.28. The number of benzene rings is 1. The first-order valence-corrected chi connectivity index (χ1v) is 8.51. The van der Waals surface area contributed by atoms with E-state index in [2.05, 4.69) is 5.32 Å². The minimum absolute atomic E-state index is 0.117. The van der Waals surface area contributed by atoms with Gasteiger partial charge in [-0.2, -0.15) is 0 Å². The van der Waals surface area contributed by atoms with Crippen LogP contribution in [0.3, 0.4) is 0 Å². The summed E-state index contributed by atoms with van der Waals surface area (Å²) in [7, 11) is 1.93. The Hall–Kier alpha value is -1.88. The lowest BCUT2D eigenvalue weighted by Gasteiger charge is -2.24. The van der Waals surface area contributed by atoms with Gasteiger partial charge in [0.1, 0.15) is 0 Å². The number of hydrogen-bond acceptors (Lipinski definition) is 3. The first-order chi connectivity index (χ1) is 11.2. The van der Waals surface area contributed by atoms with Gasteiger partial charge in [0.25, 0.3) is 5.91 Å². The van der Waals surface area contributed by atoms with E-state index >= 15 is 0 Å². The Bertz CT molecular complexity index is 570. The molecule has 1 N–H and O–H groups in total. The number of nitrogens with zero attached hydrogens (tertiary/aromatic N) is 2. The van der Waals surface area contributed by atoms with Gasteiger partial charge in [0, 0.05) is 44.2 Å². The summed E-state index contributed by atoms with van der Waals surface area (Å²) in [5.74, 6) is 0.351. The molecule has 0 radical (unpaired) electrons. The molecule has 2 fully saturated rings. The van der Waals surface area contributed by atoms with E-state index in [9.17, 15) is 9.59 Å². The van der Waals surface area contributed by atoms with E-state index in [1.165, 1.54) is 0 Å². The van der Waals surface area contributed by atoms with Gasteiger partial charge in [0.15, 0.2) is 0 Å². The van der Waals surface area contributed by atoms with Crippen LogP contribution in [-0.2, 0) is 11.3 Å². The van der Waals surface area contributed by atoms with E-state index < -0.39 is 0 Å². The van der Waals surface area contributed by atoms with Crippen LogP contribution in [0.1, 0.15) is 41.6 Å². The molecule has 0 aromatic heterocycles. The Labute approximate surface area is 137 Å². The summed E-state index contributed by atoms with van der Waals surface area (Å²) in [6.45, 7) is 3.19. The van der Waals surface area contributed by atoms with Gasteiger partial charge in [-0.05, 0) is 44.0 Å². The van der Waals surface area contributed by atoms with Crippen molar-refractivity contribution in [3.05, 3.63) is 35.4 Å². The van der Waals surface area contributed by atoms with E-state index in [1.54, 1.807) is 0 Å². The van der Waals surface area contributed by atoms with E-state index in [-0.39, 0.29) is 11.8 Å². The molecule has 0 saturated carbocycles. The predicted molar refractivity (Wildman–Crippen MR) is 89.1 cm³/mol. The van der Waals surface area contributed by atoms with Crippen LogP contribution in [0.25, 0.3) is 0 Å². The molecule has 2 aliphatic rings. The van der Waals surface area contributed by atoms with Crippen LogP contribution < -0.4 is 5.32 Å². The van der Waals surface area contributed by atoms with Crippen molar-refractivity contribution in [2.75, 3.05) is 26.7 Å². The van der Waals surface area contributed by atoms with Gasteiger partial charge < -0.3 is 15.1 Å². The predicted octanol–water partition coefficient (Wildman–Crippen LogP) is 1.63. The van der Waals surface area contributed by atoms with Crippen molar-refractivity contribution in [2.45, 2.75) is 38.3 Å². The molecule has 1 aromatic carbocycles. The molecule has 0 aliphatic carbocycles. The molecule has 2 amide bonds. The van der Waals surface area contributed by atoms with Crippen LogP contribution in [0, 0.1) is 0 Å². The minimum Gasteiger partial charge on any atom is -0.338 e. The Kier molecular flexibility index (Phi) is 4.96. The lowest BCUT2D eigenvalue weighted by atomic mass is 10.1.